The smallest absolute Gasteiger partial charge is 0.240 e. The first kappa shape index (κ1) is 11.0. The van der Waals surface area contributed by atoms with Crippen LogP contribution in [0, 0.1) is 0 Å². The van der Waals surface area contributed by atoms with Gasteiger partial charge in [-0.1, -0.05) is 0 Å². The molecule has 1 atom stereocenters. The molecule has 1 aliphatic heterocycles. The van der Waals surface area contributed by atoms with Crippen molar-refractivity contribution in [2.75, 3.05) is 26.3 Å². The molecule has 0 aromatic rings. The maximum atomic E-state index is 13.4. The summed E-state index contributed by atoms with van der Waals surface area (Å²) in [6.45, 7) is 2.78. The van der Waals surface area contributed by atoms with E-state index in [-0.39, 0.29) is 6.42 Å². The Bertz CT molecular complexity index is 366. The number of halogens is 1. The van der Waals surface area contributed by atoms with E-state index in [0.29, 0.717) is 18.9 Å². The van der Waals surface area contributed by atoms with Gasteiger partial charge in [-0.05, 0) is 12.2 Å². The molecule has 0 spiro atoms. The van der Waals surface area contributed by atoms with Crippen molar-refractivity contribution in [2.45, 2.75) is 12.6 Å². The Morgan fingerprint density at radius 1 is 1.50 bits per heavy atom. The third-order valence-corrected chi connectivity index (χ3v) is 2.64. The Labute approximate surface area is 93.1 Å². The molecule has 5 heteroatoms. The highest BCUT2D eigenvalue weighted by Gasteiger charge is 2.19. The molecule has 0 N–H and O–H groups in total. The van der Waals surface area contributed by atoms with E-state index in [4.69, 9.17) is 4.74 Å². The molecule has 0 bridgehead atoms. The van der Waals surface area contributed by atoms with E-state index < -0.39 is 6.17 Å². The van der Waals surface area contributed by atoms with Gasteiger partial charge < -0.3 is 9.64 Å². The lowest BCUT2D eigenvalue weighted by molar-refractivity contribution is 0.0547. The SMILES string of the molecule is O=C=NC1=CC(N2CCOCC2)=CC(F)C1. The predicted molar refractivity (Wildman–Crippen MR) is 56.2 cm³/mol. The zero-order valence-electron chi connectivity index (χ0n) is 8.86. The Balaban J connectivity index is 2.15. The zero-order chi connectivity index (χ0) is 11.4. The molecule has 1 saturated heterocycles. The van der Waals surface area contributed by atoms with Gasteiger partial charge in [-0.2, -0.15) is 4.99 Å². The summed E-state index contributed by atoms with van der Waals surface area (Å²) in [5, 5.41) is 0. The van der Waals surface area contributed by atoms with Crippen molar-refractivity contribution in [3.8, 4) is 0 Å². The predicted octanol–water partition coefficient (Wildman–Crippen LogP) is 1.16. The van der Waals surface area contributed by atoms with Crippen molar-refractivity contribution in [1.82, 2.24) is 4.90 Å². The highest BCUT2D eigenvalue weighted by molar-refractivity contribution is 5.40. The number of carbonyl (C=O) groups excluding carboxylic acids is 1. The summed E-state index contributed by atoms with van der Waals surface area (Å²) >= 11 is 0. The number of alkyl halides is 1. The van der Waals surface area contributed by atoms with Crippen LogP contribution in [0.1, 0.15) is 6.42 Å². The molecule has 1 unspecified atom stereocenters. The molecule has 0 aromatic carbocycles. The van der Waals surface area contributed by atoms with E-state index in [1.165, 1.54) is 6.08 Å². The van der Waals surface area contributed by atoms with Crippen molar-refractivity contribution in [3.05, 3.63) is 23.5 Å². The van der Waals surface area contributed by atoms with Crippen LogP contribution in [-0.4, -0.2) is 43.5 Å². The summed E-state index contributed by atoms with van der Waals surface area (Å²) in [6.07, 6.45) is 3.84. The molecule has 1 fully saturated rings. The summed E-state index contributed by atoms with van der Waals surface area (Å²) in [5.74, 6) is 0. The Morgan fingerprint density at radius 2 is 2.25 bits per heavy atom. The van der Waals surface area contributed by atoms with Crippen molar-refractivity contribution in [1.29, 1.82) is 0 Å². The van der Waals surface area contributed by atoms with Gasteiger partial charge in [0.05, 0.1) is 18.9 Å². The van der Waals surface area contributed by atoms with Crippen molar-refractivity contribution >= 4 is 6.08 Å². The molecule has 16 heavy (non-hydrogen) atoms. The van der Waals surface area contributed by atoms with Crippen LogP contribution in [0.3, 0.4) is 0 Å². The fraction of sp³-hybridized carbons (Fsp3) is 0.545. The highest BCUT2D eigenvalue weighted by Crippen LogP contribution is 2.23. The van der Waals surface area contributed by atoms with Crippen LogP contribution in [0.15, 0.2) is 28.5 Å². The highest BCUT2D eigenvalue weighted by atomic mass is 19.1. The molecule has 0 aromatic heterocycles. The van der Waals surface area contributed by atoms with Crippen LogP contribution in [0.2, 0.25) is 0 Å². The first-order valence-corrected chi connectivity index (χ1v) is 5.26. The van der Waals surface area contributed by atoms with E-state index >= 15 is 0 Å². The van der Waals surface area contributed by atoms with Gasteiger partial charge in [0.2, 0.25) is 6.08 Å². The minimum Gasteiger partial charge on any atom is -0.378 e. The normalized spacial score (nSPS) is 25.6. The number of nitrogens with zero attached hydrogens (tertiary/aromatic N) is 2. The van der Waals surface area contributed by atoms with Crippen molar-refractivity contribution in [2.24, 2.45) is 4.99 Å². The number of hydrogen-bond donors (Lipinski definition) is 0. The molecule has 0 amide bonds. The topological polar surface area (TPSA) is 41.9 Å². The van der Waals surface area contributed by atoms with E-state index in [2.05, 4.69) is 4.99 Å². The maximum absolute atomic E-state index is 13.4. The van der Waals surface area contributed by atoms with E-state index in [1.807, 2.05) is 4.90 Å². The summed E-state index contributed by atoms with van der Waals surface area (Å²) < 4.78 is 18.6. The minimum absolute atomic E-state index is 0.156. The molecule has 86 valence electrons. The number of morpholine rings is 1. The average Bonchev–Trinajstić information content (AvgIpc) is 2.30. The quantitative estimate of drug-likeness (QED) is 0.522. The van der Waals surface area contributed by atoms with E-state index in [9.17, 15) is 9.18 Å². The Morgan fingerprint density at radius 3 is 2.94 bits per heavy atom. The van der Waals surface area contributed by atoms with Crippen LogP contribution in [-0.2, 0) is 9.53 Å². The van der Waals surface area contributed by atoms with Crippen LogP contribution in [0.4, 0.5) is 4.39 Å². The molecule has 0 radical (unpaired) electrons. The molecular formula is C11H13FN2O2. The summed E-state index contributed by atoms with van der Waals surface area (Å²) in [7, 11) is 0. The van der Waals surface area contributed by atoms with Gasteiger partial charge in [-0.25, -0.2) is 9.18 Å². The first-order valence-electron chi connectivity index (χ1n) is 5.26. The molecule has 0 saturated carbocycles. The number of aliphatic imine (C=N–C) groups is 1. The van der Waals surface area contributed by atoms with Gasteiger partial charge in [0.1, 0.15) is 6.17 Å². The summed E-state index contributed by atoms with van der Waals surface area (Å²) in [5.41, 5.74) is 1.24. The van der Waals surface area contributed by atoms with E-state index in [1.54, 1.807) is 12.2 Å². The number of ether oxygens (including phenoxy) is 1. The zero-order valence-corrected chi connectivity index (χ0v) is 8.86. The third-order valence-electron chi connectivity index (χ3n) is 2.64. The Kier molecular flexibility index (Phi) is 3.49. The summed E-state index contributed by atoms with van der Waals surface area (Å²) in [4.78, 5) is 15.7. The number of allylic oxidation sites excluding steroid dienone is 3. The minimum atomic E-state index is -1.07. The van der Waals surface area contributed by atoms with Crippen LogP contribution in [0.25, 0.3) is 0 Å². The number of isocyanates is 1. The molecule has 2 rings (SSSR count). The second-order valence-electron chi connectivity index (χ2n) is 3.75. The molecule has 4 nitrogen and oxygen atoms in total. The third kappa shape index (κ3) is 2.56. The van der Waals surface area contributed by atoms with Gasteiger partial charge in [0.25, 0.3) is 0 Å². The van der Waals surface area contributed by atoms with E-state index in [0.717, 1.165) is 18.8 Å². The van der Waals surface area contributed by atoms with Gasteiger partial charge in [0, 0.05) is 25.2 Å². The monoisotopic (exact) mass is 224 g/mol. The average molecular weight is 224 g/mol. The first-order chi connectivity index (χ1) is 7.79. The van der Waals surface area contributed by atoms with Crippen molar-refractivity contribution < 1.29 is 13.9 Å². The largest absolute Gasteiger partial charge is 0.378 e. The fourth-order valence-corrected chi connectivity index (χ4v) is 1.88. The number of hydrogen-bond acceptors (Lipinski definition) is 4. The van der Waals surface area contributed by atoms with Crippen LogP contribution in [0.5, 0.6) is 0 Å². The Hall–Kier alpha value is -1.45. The lowest BCUT2D eigenvalue weighted by Crippen LogP contribution is -2.36. The van der Waals surface area contributed by atoms with Gasteiger partial charge in [0.15, 0.2) is 0 Å². The van der Waals surface area contributed by atoms with Gasteiger partial charge in [-0.15, -0.1) is 0 Å². The van der Waals surface area contributed by atoms with Crippen molar-refractivity contribution in [3.63, 3.8) is 0 Å². The van der Waals surface area contributed by atoms with Crippen LogP contribution < -0.4 is 0 Å². The molecular weight excluding hydrogens is 211 g/mol. The van der Waals surface area contributed by atoms with Gasteiger partial charge >= 0.3 is 0 Å². The second kappa shape index (κ2) is 5.05. The standard InChI is InChI=1S/C11H13FN2O2/c12-9-5-10(13-8-15)7-11(6-9)14-1-3-16-4-2-14/h6-7,9H,1-5H2. The maximum Gasteiger partial charge on any atom is 0.240 e. The molecule has 2 aliphatic rings. The van der Waals surface area contributed by atoms with Crippen LogP contribution >= 0.6 is 0 Å². The number of rotatable bonds is 2. The summed E-state index contributed by atoms with van der Waals surface area (Å²) in [6, 6.07) is 0. The fourth-order valence-electron chi connectivity index (χ4n) is 1.88. The lowest BCUT2D eigenvalue weighted by Gasteiger charge is -2.31. The molecule has 1 aliphatic carbocycles. The van der Waals surface area contributed by atoms with Gasteiger partial charge in [-0.3, -0.25) is 0 Å². The second-order valence-corrected chi connectivity index (χ2v) is 3.75. The lowest BCUT2D eigenvalue weighted by atomic mass is 10.1. The molecule has 1 heterocycles.